The maximum Gasteiger partial charge on any atom is 0.219 e. The second kappa shape index (κ2) is 7.09. The lowest BCUT2D eigenvalue weighted by molar-refractivity contribution is -0.120. The largest absolute Gasteiger partial charge is 0.384 e. The molecular formula is C14H23N5O. The lowest BCUT2D eigenvalue weighted by Gasteiger charge is -2.35. The van der Waals surface area contributed by atoms with Crippen molar-refractivity contribution < 1.29 is 4.79 Å². The number of carbonyl (C=O) groups excluding carboxylic acids is 1. The summed E-state index contributed by atoms with van der Waals surface area (Å²) in [6.45, 7) is 5.02. The molecule has 0 bridgehead atoms. The molecule has 0 saturated carbocycles. The zero-order valence-corrected chi connectivity index (χ0v) is 12.0. The third kappa shape index (κ3) is 4.09. The zero-order valence-electron chi connectivity index (χ0n) is 12.0. The molecule has 1 aliphatic heterocycles. The van der Waals surface area contributed by atoms with Crippen molar-refractivity contribution in [3.05, 3.63) is 18.3 Å². The summed E-state index contributed by atoms with van der Waals surface area (Å²) in [7, 11) is 1.68. The summed E-state index contributed by atoms with van der Waals surface area (Å²) in [5.74, 6) is 0.679. The maximum atomic E-state index is 11.2. The average molecular weight is 277 g/mol. The molecule has 0 unspecified atom stereocenters. The SMILES string of the molecule is CNC(=O)CCCN1CCN(c2ccc(N)nc2)CC1. The number of piperazine rings is 1. The lowest BCUT2D eigenvalue weighted by Crippen LogP contribution is -2.46. The first-order valence-corrected chi connectivity index (χ1v) is 7.08. The van der Waals surface area contributed by atoms with Crippen LogP contribution in [0.2, 0.25) is 0 Å². The van der Waals surface area contributed by atoms with Gasteiger partial charge in [-0.15, -0.1) is 0 Å². The normalized spacial score (nSPS) is 16.1. The van der Waals surface area contributed by atoms with Gasteiger partial charge in [-0.3, -0.25) is 9.69 Å². The van der Waals surface area contributed by atoms with Crippen molar-refractivity contribution in [3.63, 3.8) is 0 Å². The number of nitrogens with two attached hydrogens (primary N) is 1. The van der Waals surface area contributed by atoms with E-state index in [1.807, 2.05) is 18.3 Å². The lowest BCUT2D eigenvalue weighted by atomic mass is 10.2. The molecule has 6 heteroatoms. The highest BCUT2D eigenvalue weighted by Gasteiger charge is 2.17. The minimum Gasteiger partial charge on any atom is -0.384 e. The molecule has 3 N–H and O–H groups in total. The second-order valence-electron chi connectivity index (χ2n) is 5.05. The van der Waals surface area contributed by atoms with Gasteiger partial charge in [0.05, 0.1) is 11.9 Å². The molecule has 20 heavy (non-hydrogen) atoms. The molecule has 1 aromatic heterocycles. The fraction of sp³-hybridized carbons (Fsp3) is 0.571. The highest BCUT2D eigenvalue weighted by Crippen LogP contribution is 2.16. The Morgan fingerprint density at radius 1 is 1.35 bits per heavy atom. The number of pyridine rings is 1. The highest BCUT2D eigenvalue weighted by atomic mass is 16.1. The number of aromatic nitrogens is 1. The Hall–Kier alpha value is -1.82. The van der Waals surface area contributed by atoms with Gasteiger partial charge in [-0.1, -0.05) is 0 Å². The Bertz CT molecular complexity index is 426. The first-order valence-electron chi connectivity index (χ1n) is 7.08. The number of nitrogens with zero attached hydrogens (tertiary/aromatic N) is 3. The summed E-state index contributed by atoms with van der Waals surface area (Å²) in [6, 6.07) is 3.86. The Balaban J connectivity index is 1.72. The summed E-state index contributed by atoms with van der Waals surface area (Å²) in [5.41, 5.74) is 6.73. The summed E-state index contributed by atoms with van der Waals surface area (Å²) in [5, 5.41) is 2.65. The standard InChI is InChI=1S/C14H23N5O/c1-16-14(20)3-2-6-18-7-9-19(10-8-18)12-4-5-13(15)17-11-12/h4-5,11H,2-3,6-10H2,1H3,(H2,15,17)(H,16,20). The molecule has 0 aromatic carbocycles. The van der Waals surface area contributed by atoms with Gasteiger partial charge >= 0.3 is 0 Å². The molecule has 110 valence electrons. The number of hydrogen-bond acceptors (Lipinski definition) is 5. The first-order chi connectivity index (χ1) is 9.69. The molecule has 1 aromatic rings. The number of nitrogens with one attached hydrogen (secondary N) is 1. The minimum absolute atomic E-state index is 0.122. The number of carbonyl (C=O) groups is 1. The third-order valence-electron chi connectivity index (χ3n) is 3.67. The van der Waals surface area contributed by atoms with Gasteiger partial charge in [-0.25, -0.2) is 4.98 Å². The van der Waals surface area contributed by atoms with Crippen LogP contribution in [0.1, 0.15) is 12.8 Å². The van der Waals surface area contributed by atoms with E-state index < -0.39 is 0 Å². The molecule has 0 atom stereocenters. The van der Waals surface area contributed by atoms with Crippen LogP contribution in [-0.2, 0) is 4.79 Å². The van der Waals surface area contributed by atoms with E-state index in [0.29, 0.717) is 12.2 Å². The monoisotopic (exact) mass is 277 g/mol. The van der Waals surface area contributed by atoms with E-state index in [1.165, 1.54) is 0 Å². The molecule has 0 spiro atoms. The van der Waals surface area contributed by atoms with E-state index >= 15 is 0 Å². The molecule has 6 nitrogen and oxygen atoms in total. The van der Waals surface area contributed by atoms with E-state index in [-0.39, 0.29) is 5.91 Å². The van der Waals surface area contributed by atoms with E-state index in [4.69, 9.17) is 5.73 Å². The Morgan fingerprint density at radius 2 is 2.10 bits per heavy atom. The molecule has 2 heterocycles. The minimum atomic E-state index is 0.122. The van der Waals surface area contributed by atoms with Crippen LogP contribution in [0.25, 0.3) is 0 Å². The van der Waals surface area contributed by atoms with Crippen molar-refractivity contribution in [2.75, 3.05) is 50.4 Å². The second-order valence-corrected chi connectivity index (χ2v) is 5.05. The molecule has 1 amide bonds. The van der Waals surface area contributed by atoms with Crippen molar-refractivity contribution in [1.82, 2.24) is 15.2 Å². The van der Waals surface area contributed by atoms with Crippen molar-refractivity contribution in [2.24, 2.45) is 0 Å². The van der Waals surface area contributed by atoms with Gasteiger partial charge in [-0.2, -0.15) is 0 Å². The van der Waals surface area contributed by atoms with E-state index in [2.05, 4.69) is 20.1 Å². The van der Waals surface area contributed by atoms with Gasteiger partial charge in [0, 0.05) is 39.6 Å². The van der Waals surface area contributed by atoms with Crippen LogP contribution >= 0.6 is 0 Å². The number of nitrogen functional groups attached to an aromatic ring is 1. The smallest absolute Gasteiger partial charge is 0.219 e. The maximum absolute atomic E-state index is 11.2. The highest BCUT2D eigenvalue weighted by molar-refractivity contribution is 5.75. The molecular weight excluding hydrogens is 254 g/mol. The Morgan fingerprint density at radius 3 is 2.70 bits per heavy atom. The summed E-state index contributed by atoms with van der Waals surface area (Å²) in [4.78, 5) is 20.0. The fourth-order valence-corrected chi connectivity index (χ4v) is 2.40. The number of anilines is 2. The molecule has 1 aliphatic rings. The van der Waals surface area contributed by atoms with Gasteiger partial charge in [0.15, 0.2) is 0 Å². The van der Waals surface area contributed by atoms with E-state index in [1.54, 1.807) is 7.05 Å². The summed E-state index contributed by atoms with van der Waals surface area (Å²) in [6.07, 6.45) is 3.36. The van der Waals surface area contributed by atoms with Crippen LogP contribution in [-0.4, -0.2) is 55.6 Å². The molecule has 2 rings (SSSR count). The average Bonchev–Trinajstić information content (AvgIpc) is 2.48. The van der Waals surface area contributed by atoms with Crippen molar-refractivity contribution in [1.29, 1.82) is 0 Å². The predicted molar refractivity (Wildman–Crippen MR) is 80.6 cm³/mol. The summed E-state index contributed by atoms with van der Waals surface area (Å²) >= 11 is 0. The van der Waals surface area contributed by atoms with Gasteiger partial charge in [0.1, 0.15) is 5.82 Å². The predicted octanol–water partition coefficient (Wildman–Crippen LogP) is 0.312. The van der Waals surface area contributed by atoms with Crippen LogP contribution in [0, 0.1) is 0 Å². The zero-order chi connectivity index (χ0) is 14.4. The third-order valence-corrected chi connectivity index (χ3v) is 3.67. The van der Waals surface area contributed by atoms with Gasteiger partial charge in [0.25, 0.3) is 0 Å². The fourth-order valence-electron chi connectivity index (χ4n) is 2.40. The first kappa shape index (κ1) is 14.6. The van der Waals surface area contributed by atoms with Gasteiger partial charge < -0.3 is 16.0 Å². The molecule has 1 fully saturated rings. The summed E-state index contributed by atoms with van der Waals surface area (Å²) < 4.78 is 0. The van der Waals surface area contributed by atoms with Crippen LogP contribution in [0.5, 0.6) is 0 Å². The van der Waals surface area contributed by atoms with E-state index in [9.17, 15) is 4.79 Å². The van der Waals surface area contributed by atoms with Crippen LogP contribution < -0.4 is 16.0 Å². The van der Waals surface area contributed by atoms with Crippen molar-refractivity contribution in [2.45, 2.75) is 12.8 Å². The Kier molecular flexibility index (Phi) is 5.17. The number of hydrogen-bond donors (Lipinski definition) is 2. The Labute approximate surface area is 120 Å². The van der Waals surface area contributed by atoms with E-state index in [0.717, 1.165) is 44.8 Å². The molecule has 0 radical (unpaired) electrons. The molecule has 0 aliphatic carbocycles. The van der Waals surface area contributed by atoms with Crippen LogP contribution in [0.4, 0.5) is 11.5 Å². The quantitative estimate of drug-likeness (QED) is 0.810. The molecule has 1 saturated heterocycles. The van der Waals surface area contributed by atoms with Crippen LogP contribution in [0.15, 0.2) is 18.3 Å². The van der Waals surface area contributed by atoms with Gasteiger partial charge in [0.2, 0.25) is 5.91 Å². The number of amides is 1. The topological polar surface area (TPSA) is 74.5 Å². The number of rotatable bonds is 5. The van der Waals surface area contributed by atoms with Crippen molar-refractivity contribution >= 4 is 17.4 Å². The van der Waals surface area contributed by atoms with Crippen molar-refractivity contribution in [3.8, 4) is 0 Å². The van der Waals surface area contributed by atoms with Gasteiger partial charge in [-0.05, 0) is 25.1 Å². The van der Waals surface area contributed by atoms with Crippen LogP contribution in [0.3, 0.4) is 0 Å².